The summed E-state index contributed by atoms with van der Waals surface area (Å²) in [5.41, 5.74) is 1.02. The number of hydrogen-bond donors (Lipinski definition) is 2. The zero-order chi connectivity index (χ0) is 13.7. The van der Waals surface area contributed by atoms with Crippen molar-refractivity contribution >= 4 is 11.7 Å². The molecule has 0 aliphatic carbocycles. The first kappa shape index (κ1) is 12.9. The van der Waals surface area contributed by atoms with Gasteiger partial charge in [-0.15, -0.1) is 0 Å². The molecule has 0 radical (unpaired) electrons. The number of rotatable bonds is 3. The minimum atomic E-state index is -1.01. The molecular formula is C13H11F2N3O. The molecule has 0 fully saturated rings. The SMILES string of the molecule is O=C(NCc1cccnc1)Nc1ccc(F)c(F)c1. The highest BCUT2D eigenvalue weighted by Crippen LogP contribution is 2.12. The van der Waals surface area contributed by atoms with Crippen molar-refractivity contribution in [3.05, 3.63) is 59.9 Å². The van der Waals surface area contributed by atoms with E-state index in [0.717, 1.165) is 17.7 Å². The minimum Gasteiger partial charge on any atom is -0.334 e. The molecule has 2 amide bonds. The van der Waals surface area contributed by atoms with E-state index in [9.17, 15) is 13.6 Å². The maximum atomic E-state index is 12.9. The van der Waals surface area contributed by atoms with Gasteiger partial charge in [0.15, 0.2) is 11.6 Å². The van der Waals surface area contributed by atoms with Gasteiger partial charge in [0.25, 0.3) is 0 Å². The lowest BCUT2D eigenvalue weighted by atomic mass is 10.3. The second-order valence-electron chi connectivity index (χ2n) is 3.80. The molecule has 4 nitrogen and oxygen atoms in total. The average Bonchev–Trinajstić information content (AvgIpc) is 2.42. The molecule has 0 unspecified atom stereocenters. The number of halogens is 2. The minimum absolute atomic E-state index is 0.183. The number of pyridine rings is 1. The molecule has 1 aromatic carbocycles. The molecule has 6 heteroatoms. The van der Waals surface area contributed by atoms with Gasteiger partial charge < -0.3 is 10.6 Å². The zero-order valence-corrected chi connectivity index (χ0v) is 9.86. The molecule has 0 atom stereocenters. The highest BCUT2D eigenvalue weighted by molar-refractivity contribution is 5.89. The van der Waals surface area contributed by atoms with Gasteiger partial charge in [-0.2, -0.15) is 0 Å². The molecule has 0 saturated heterocycles. The zero-order valence-electron chi connectivity index (χ0n) is 9.86. The fourth-order valence-corrected chi connectivity index (χ4v) is 1.43. The number of benzene rings is 1. The maximum absolute atomic E-state index is 12.9. The third-order valence-electron chi connectivity index (χ3n) is 2.35. The van der Waals surface area contributed by atoms with Crippen LogP contribution >= 0.6 is 0 Å². The number of aromatic nitrogens is 1. The van der Waals surface area contributed by atoms with Crippen molar-refractivity contribution in [2.75, 3.05) is 5.32 Å². The Kier molecular flexibility index (Phi) is 4.02. The van der Waals surface area contributed by atoms with Gasteiger partial charge in [-0.3, -0.25) is 4.98 Å². The Hall–Kier alpha value is -2.50. The lowest BCUT2D eigenvalue weighted by Crippen LogP contribution is -2.28. The Morgan fingerprint density at radius 1 is 1.21 bits per heavy atom. The van der Waals surface area contributed by atoms with Crippen LogP contribution in [0.25, 0.3) is 0 Å². The standard InChI is InChI=1S/C13H11F2N3O/c14-11-4-3-10(6-12(11)15)18-13(19)17-8-9-2-1-5-16-7-9/h1-7H,8H2,(H2,17,18,19). The third-order valence-corrected chi connectivity index (χ3v) is 2.35. The first-order chi connectivity index (χ1) is 9.15. The van der Waals surface area contributed by atoms with Crippen molar-refractivity contribution in [2.45, 2.75) is 6.54 Å². The molecule has 1 aromatic heterocycles. The van der Waals surface area contributed by atoms with Crippen LogP contribution in [0.1, 0.15) is 5.56 Å². The number of nitrogens with zero attached hydrogens (tertiary/aromatic N) is 1. The molecule has 0 bridgehead atoms. The summed E-state index contributed by atoms with van der Waals surface area (Å²) in [6.07, 6.45) is 3.25. The maximum Gasteiger partial charge on any atom is 0.319 e. The summed E-state index contributed by atoms with van der Waals surface area (Å²) in [7, 11) is 0. The Bertz CT molecular complexity index is 575. The normalized spacial score (nSPS) is 10.0. The van der Waals surface area contributed by atoms with E-state index in [0.29, 0.717) is 6.54 Å². The van der Waals surface area contributed by atoms with Crippen molar-refractivity contribution in [2.24, 2.45) is 0 Å². The van der Waals surface area contributed by atoms with Gasteiger partial charge in [-0.1, -0.05) is 6.07 Å². The molecule has 19 heavy (non-hydrogen) atoms. The van der Waals surface area contributed by atoms with Crippen LogP contribution in [0.5, 0.6) is 0 Å². The Morgan fingerprint density at radius 3 is 2.74 bits per heavy atom. The van der Waals surface area contributed by atoms with Crippen LogP contribution in [0, 0.1) is 11.6 Å². The number of carbonyl (C=O) groups excluding carboxylic acids is 1. The summed E-state index contributed by atoms with van der Waals surface area (Å²) in [4.78, 5) is 15.4. The van der Waals surface area contributed by atoms with E-state index in [1.165, 1.54) is 6.07 Å². The first-order valence-electron chi connectivity index (χ1n) is 5.54. The first-order valence-corrected chi connectivity index (χ1v) is 5.54. The molecular weight excluding hydrogens is 252 g/mol. The van der Waals surface area contributed by atoms with E-state index in [-0.39, 0.29) is 5.69 Å². The van der Waals surface area contributed by atoms with Crippen molar-refractivity contribution in [3.8, 4) is 0 Å². The van der Waals surface area contributed by atoms with E-state index < -0.39 is 17.7 Å². The van der Waals surface area contributed by atoms with E-state index in [1.54, 1.807) is 18.5 Å². The Morgan fingerprint density at radius 2 is 2.05 bits per heavy atom. The summed E-state index contributed by atoms with van der Waals surface area (Å²) in [6.45, 7) is 0.295. The molecule has 0 spiro atoms. The average molecular weight is 263 g/mol. The highest BCUT2D eigenvalue weighted by atomic mass is 19.2. The fraction of sp³-hybridized carbons (Fsp3) is 0.0769. The number of nitrogens with one attached hydrogen (secondary N) is 2. The second kappa shape index (κ2) is 5.90. The van der Waals surface area contributed by atoms with Gasteiger partial charge in [0.2, 0.25) is 0 Å². The van der Waals surface area contributed by atoms with Crippen LogP contribution in [0.3, 0.4) is 0 Å². The van der Waals surface area contributed by atoms with Gasteiger partial charge >= 0.3 is 6.03 Å². The van der Waals surface area contributed by atoms with Crippen LogP contribution in [-0.2, 0) is 6.54 Å². The van der Waals surface area contributed by atoms with Crippen molar-refractivity contribution in [1.29, 1.82) is 0 Å². The van der Waals surface area contributed by atoms with Crippen LogP contribution in [-0.4, -0.2) is 11.0 Å². The van der Waals surface area contributed by atoms with Crippen molar-refractivity contribution < 1.29 is 13.6 Å². The largest absolute Gasteiger partial charge is 0.334 e. The smallest absolute Gasteiger partial charge is 0.319 e. The number of carbonyl (C=O) groups is 1. The predicted octanol–water partition coefficient (Wildman–Crippen LogP) is 2.68. The number of amides is 2. The van der Waals surface area contributed by atoms with Gasteiger partial charge in [0.1, 0.15) is 0 Å². The molecule has 2 aromatic rings. The summed E-state index contributed by atoms with van der Waals surface area (Å²) < 4.78 is 25.6. The van der Waals surface area contributed by atoms with Crippen LogP contribution in [0.2, 0.25) is 0 Å². The van der Waals surface area contributed by atoms with Crippen molar-refractivity contribution in [3.63, 3.8) is 0 Å². The van der Waals surface area contributed by atoms with E-state index >= 15 is 0 Å². The molecule has 0 aliphatic heterocycles. The topological polar surface area (TPSA) is 54.0 Å². The number of hydrogen-bond acceptors (Lipinski definition) is 2. The molecule has 2 N–H and O–H groups in total. The Balaban J connectivity index is 1.89. The quantitative estimate of drug-likeness (QED) is 0.894. The summed E-state index contributed by atoms with van der Waals surface area (Å²) in [5.74, 6) is -1.97. The van der Waals surface area contributed by atoms with E-state index in [4.69, 9.17) is 0 Å². The van der Waals surface area contributed by atoms with Gasteiger partial charge in [-0.05, 0) is 23.8 Å². The second-order valence-corrected chi connectivity index (χ2v) is 3.80. The third kappa shape index (κ3) is 3.74. The lowest BCUT2D eigenvalue weighted by Gasteiger charge is -2.07. The van der Waals surface area contributed by atoms with E-state index in [2.05, 4.69) is 15.6 Å². The molecule has 2 rings (SSSR count). The highest BCUT2D eigenvalue weighted by Gasteiger charge is 2.05. The van der Waals surface area contributed by atoms with Crippen LogP contribution in [0.15, 0.2) is 42.7 Å². The van der Waals surface area contributed by atoms with Crippen LogP contribution < -0.4 is 10.6 Å². The molecule has 98 valence electrons. The molecule has 0 saturated carbocycles. The van der Waals surface area contributed by atoms with E-state index in [1.807, 2.05) is 6.07 Å². The van der Waals surface area contributed by atoms with Crippen molar-refractivity contribution in [1.82, 2.24) is 10.3 Å². The molecule has 0 aliphatic rings. The monoisotopic (exact) mass is 263 g/mol. The number of urea groups is 1. The van der Waals surface area contributed by atoms with Gasteiger partial charge in [-0.25, -0.2) is 13.6 Å². The Labute approximate surface area is 108 Å². The summed E-state index contributed by atoms with van der Waals surface area (Å²) in [6, 6.07) is 6.21. The van der Waals surface area contributed by atoms with Gasteiger partial charge in [0, 0.05) is 30.7 Å². The fourth-order valence-electron chi connectivity index (χ4n) is 1.43. The summed E-state index contributed by atoms with van der Waals surface area (Å²) >= 11 is 0. The van der Waals surface area contributed by atoms with Crippen LogP contribution in [0.4, 0.5) is 19.3 Å². The predicted molar refractivity (Wildman–Crippen MR) is 66.5 cm³/mol. The summed E-state index contributed by atoms with van der Waals surface area (Å²) in [5, 5.41) is 4.98. The molecule has 1 heterocycles. The van der Waals surface area contributed by atoms with Gasteiger partial charge in [0.05, 0.1) is 0 Å². The number of anilines is 1. The lowest BCUT2D eigenvalue weighted by molar-refractivity contribution is 0.251.